The third-order valence-corrected chi connectivity index (χ3v) is 4.46. The molecule has 3 aromatic rings. The predicted octanol–water partition coefficient (Wildman–Crippen LogP) is 2.60. The maximum Gasteiger partial charge on any atom is 0.408 e. The fourth-order valence-electron chi connectivity index (χ4n) is 3.21. The van der Waals surface area contributed by atoms with Crippen molar-refractivity contribution in [2.75, 3.05) is 19.8 Å². The van der Waals surface area contributed by atoms with Gasteiger partial charge in [0.25, 0.3) is 5.91 Å². The van der Waals surface area contributed by atoms with Crippen LogP contribution in [0.2, 0.25) is 0 Å². The molecule has 1 amide bonds. The molecule has 1 fully saturated rings. The lowest BCUT2D eigenvalue weighted by Crippen LogP contribution is -2.44. The number of amides is 1. The molecule has 0 spiro atoms. The van der Waals surface area contributed by atoms with E-state index in [1.807, 2.05) is 24.3 Å². The number of halogens is 3. The normalized spacial score (nSPS) is 17.8. The molecule has 0 aliphatic carbocycles. The van der Waals surface area contributed by atoms with Crippen molar-refractivity contribution in [3.63, 3.8) is 0 Å². The van der Waals surface area contributed by atoms with E-state index in [2.05, 4.69) is 15.1 Å². The second-order valence-corrected chi connectivity index (χ2v) is 6.39. The zero-order chi connectivity index (χ0) is 19.7. The second-order valence-electron chi connectivity index (χ2n) is 6.39. The molecule has 1 saturated heterocycles. The summed E-state index contributed by atoms with van der Waals surface area (Å²) in [5.74, 6) is -0.227. The van der Waals surface area contributed by atoms with E-state index in [9.17, 15) is 18.0 Å². The first-order chi connectivity index (χ1) is 13.4. The monoisotopic (exact) mass is 391 g/mol. The Morgan fingerprint density at radius 3 is 2.86 bits per heavy atom. The van der Waals surface area contributed by atoms with Crippen LogP contribution in [0.15, 0.2) is 42.9 Å². The molecule has 4 rings (SSSR count). The zero-order valence-corrected chi connectivity index (χ0v) is 14.6. The van der Waals surface area contributed by atoms with Gasteiger partial charge in [0.05, 0.1) is 13.2 Å². The van der Waals surface area contributed by atoms with Crippen LogP contribution in [0.5, 0.6) is 0 Å². The smallest absolute Gasteiger partial charge is 0.377 e. The summed E-state index contributed by atoms with van der Waals surface area (Å²) in [4.78, 5) is 22.9. The topological polar surface area (TPSA) is 73.1 Å². The Kier molecular flexibility index (Phi) is 4.71. The summed E-state index contributed by atoms with van der Waals surface area (Å²) in [5.41, 5.74) is 0.278. The Morgan fingerprint density at radius 1 is 1.21 bits per heavy atom. The molecular weight excluding hydrogens is 375 g/mol. The average Bonchev–Trinajstić information content (AvgIpc) is 3.13. The van der Waals surface area contributed by atoms with Crippen LogP contribution in [0, 0.1) is 0 Å². The van der Waals surface area contributed by atoms with Crippen LogP contribution in [0.3, 0.4) is 0 Å². The van der Waals surface area contributed by atoms with Crippen LogP contribution in [0.25, 0.3) is 10.8 Å². The number of morpholine rings is 1. The number of pyridine rings is 1. The molecule has 0 bridgehead atoms. The SMILES string of the molecule is O=C(c1nccc2ccccc12)N1CCOCC1c1ncn(CC(F)(F)F)n1. The number of rotatable bonds is 3. The third-order valence-electron chi connectivity index (χ3n) is 4.46. The molecule has 1 aliphatic heterocycles. The molecule has 0 N–H and O–H groups in total. The first-order valence-electron chi connectivity index (χ1n) is 8.61. The van der Waals surface area contributed by atoms with Gasteiger partial charge in [-0.05, 0) is 11.5 Å². The Labute approximate surface area is 157 Å². The van der Waals surface area contributed by atoms with E-state index in [1.54, 1.807) is 12.3 Å². The minimum atomic E-state index is -4.41. The summed E-state index contributed by atoms with van der Waals surface area (Å²) in [5, 5.41) is 5.48. The van der Waals surface area contributed by atoms with E-state index in [0.29, 0.717) is 16.7 Å². The number of ether oxygens (including phenoxy) is 1. The molecule has 0 radical (unpaired) electrons. The highest BCUT2D eigenvalue weighted by Gasteiger charge is 2.34. The minimum Gasteiger partial charge on any atom is -0.377 e. The Hall–Kier alpha value is -3.01. The van der Waals surface area contributed by atoms with Gasteiger partial charge in [-0.1, -0.05) is 24.3 Å². The summed E-state index contributed by atoms with van der Waals surface area (Å²) in [6.45, 7) is -0.558. The molecule has 10 heteroatoms. The lowest BCUT2D eigenvalue weighted by Gasteiger charge is -2.33. The Morgan fingerprint density at radius 2 is 2.04 bits per heavy atom. The van der Waals surface area contributed by atoms with Crippen LogP contribution < -0.4 is 0 Å². The third kappa shape index (κ3) is 3.68. The van der Waals surface area contributed by atoms with Crippen molar-refractivity contribution in [3.8, 4) is 0 Å². The van der Waals surface area contributed by atoms with Crippen molar-refractivity contribution < 1.29 is 22.7 Å². The van der Waals surface area contributed by atoms with Crippen molar-refractivity contribution >= 4 is 16.7 Å². The summed E-state index contributed by atoms with van der Waals surface area (Å²) >= 11 is 0. The highest BCUT2D eigenvalue weighted by molar-refractivity contribution is 6.05. The van der Waals surface area contributed by atoms with Crippen LogP contribution in [0.4, 0.5) is 13.2 Å². The number of nitrogens with zero attached hydrogens (tertiary/aromatic N) is 5. The standard InChI is InChI=1S/C18H16F3N5O2/c19-18(20,21)10-25-11-23-16(24-25)14-9-28-8-7-26(14)17(27)15-13-4-2-1-3-12(13)5-6-22-15/h1-6,11,14H,7-10H2. The van der Waals surface area contributed by atoms with Gasteiger partial charge in [0.2, 0.25) is 0 Å². The van der Waals surface area contributed by atoms with Gasteiger partial charge >= 0.3 is 6.18 Å². The zero-order valence-electron chi connectivity index (χ0n) is 14.6. The maximum absolute atomic E-state index is 13.2. The molecule has 2 aromatic heterocycles. The molecule has 1 atom stereocenters. The fourth-order valence-corrected chi connectivity index (χ4v) is 3.21. The lowest BCUT2D eigenvalue weighted by molar-refractivity contribution is -0.142. The molecule has 28 heavy (non-hydrogen) atoms. The maximum atomic E-state index is 13.2. The van der Waals surface area contributed by atoms with Gasteiger partial charge in [0, 0.05) is 18.1 Å². The van der Waals surface area contributed by atoms with Gasteiger partial charge in [-0.15, -0.1) is 0 Å². The molecule has 0 saturated carbocycles. The molecule has 7 nitrogen and oxygen atoms in total. The largest absolute Gasteiger partial charge is 0.408 e. The Balaban J connectivity index is 1.65. The van der Waals surface area contributed by atoms with E-state index in [4.69, 9.17) is 4.74 Å². The highest BCUT2D eigenvalue weighted by Crippen LogP contribution is 2.26. The fraction of sp³-hybridized carbons (Fsp3) is 0.333. The number of carbonyl (C=O) groups is 1. The second kappa shape index (κ2) is 7.19. The van der Waals surface area contributed by atoms with Crippen LogP contribution in [-0.2, 0) is 11.3 Å². The predicted molar refractivity (Wildman–Crippen MR) is 92.4 cm³/mol. The summed E-state index contributed by atoms with van der Waals surface area (Å²) in [6, 6.07) is 8.50. The van der Waals surface area contributed by atoms with E-state index in [-0.39, 0.29) is 30.6 Å². The molecule has 1 aliphatic rings. The van der Waals surface area contributed by atoms with E-state index in [1.165, 1.54) is 4.90 Å². The number of hydrogen-bond acceptors (Lipinski definition) is 5. The van der Waals surface area contributed by atoms with Gasteiger partial charge in [-0.3, -0.25) is 9.78 Å². The number of alkyl halides is 3. The van der Waals surface area contributed by atoms with Gasteiger partial charge in [0.1, 0.15) is 24.6 Å². The first-order valence-corrected chi connectivity index (χ1v) is 8.61. The van der Waals surface area contributed by atoms with Crippen molar-refractivity contribution in [2.45, 2.75) is 18.8 Å². The van der Waals surface area contributed by atoms with Crippen LogP contribution in [-0.4, -0.2) is 56.5 Å². The minimum absolute atomic E-state index is 0.104. The van der Waals surface area contributed by atoms with Crippen molar-refractivity contribution in [1.82, 2.24) is 24.6 Å². The molecule has 146 valence electrons. The number of hydrogen-bond donors (Lipinski definition) is 0. The first kappa shape index (κ1) is 18.4. The van der Waals surface area contributed by atoms with E-state index >= 15 is 0 Å². The summed E-state index contributed by atoms with van der Waals surface area (Å²) in [7, 11) is 0. The number of aromatic nitrogens is 4. The molecule has 3 heterocycles. The summed E-state index contributed by atoms with van der Waals surface area (Å²) < 4.78 is 43.9. The van der Waals surface area contributed by atoms with Gasteiger partial charge in [-0.2, -0.15) is 18.3 Å². The Bertz CT molecular complexity index is 999. The lowest BCUT2D eigenvalue weighted by atomic mass is 10.1. The van der Waals surface area contributed by atoms with Gasteiger partial charge < -0.3 is 9.64 Å². The van der Waals surface area contributed by atoms with E-state index < -0.39 is 18.8 Å². The number of fused-ring (bicyclic) bond motifs is 1. The van der Waals surface area contributed by atoms with Crippen molar-refractivity contribution in [3.05, 3.63) is 54.4 Å². The molecule has 1 aromatic carbocycles. The van der Waals surface area contributed by atoms with Gasteiger partial charge in [0.15, 0.2) is 5.82 Å². The quantitative estimate of drug-likeness (QED) is 0.686. The molecule has 1 unspecified atom stereocenters. The number of carbonyl (C=O) groups excluding carboxylic acids is 1. The average molecular weight is 391 g/mol. The van der Waals surface area contributed by atoms with Crippen LogP contribution >= 0.6 is 0 Å². The summed E-state index contributed by atoms with van der Waals surface area (Å²) in [6.07, 6.45) is -1.84. The van der Waals surface area contributed by atoms with Crippen molar-refractivity contribution in [2.24, 2.45) is 0 Å². The van der Waals surface area contributed by atoms with Gasteiger partial charge in [-0.25, -0.2) is 9.67 Å². The van der Waals surface area contributed by atoms with Crippen molar-refractivity contribution in [1.29, 1.82) is 0 Å². The highest BCUT2D eigenvalue weighted by atomic mass is 19.4. The van der Waals surface area contributed by atoms with E-state index in [0.717, 1.165) is 11.7 Å². The number of benzene rings is 1. The van der Waals surface area contributed by atoms with Crippen LogP contribution in [0.1, 0.15) is 22.4 Å². The molecular formula is C18H16F3N5O2.